The van der Waals surface area contributed by atoms with Crippen LogP contribution < -0.4 is 10.1 Å². The number of nitrogens with one attached hydrogen (secondary N) is 1. The lowest BCUT2D eigenvalue weighted by atomic mass is 10.0. The number of carbonyl (C=O) groups is 1. The molecule has 0 radical (unpaired) electrons. The first kappa shape index (κ1) is 17.7. The van der Waals surface area contributed by atoms with E-state index in [0.717, 1.165) is 0 Å². The Hall–Kier alpha value is -2.31. The second-order valence-electron chi connectivity index (χ2n) is 5.92. The number of carbonyl (C=O) groups excluding carboxylic acids is 1. The van der Waals surface area contributed by atoms with Gasteiger partial charge in [-0.15, -0.1) is 0 Å². The molecule has 0 aliphatic carbocycles. The van der Waals surface area contributed by atoms with Gasteiger partial charge in [0, 0.05) is 11.8 Å². The van der Waals surface area contributed by atoms with Gasteiger partial charge in [-0.3, -0.25) is 10.1 Å². The maximum Gasteiger partial charge on any atom is 0.408 e. The zero-order valence-electron chi connectivity index (χ0n) is 13.5. The van der Waals surface area contributed by atoms with Crippen LogP contribution in [0.5, 0.6) is 5.75 Å². The van der Waals surface area contributed by atoms with Crippen LogP contribution in [0.1, 0.15) is 39.3 Å². The van der Waals surface area contributed by atoms with Gasteiger partial charge in [0.1, 0.15) is 17.4 Å². The molecule has 1 aromatic rings. The largest absolute Gasteiger partial charge is 0.497 e. The van der Waals surface area contributed by atoms with Crippen LogP contribution in [0, 0.1) is 10.1 Å². The molecule has 0 aromatic heterocycles. The highest BCUT2D eigenvalue weighted by atomic mass is 16.6. The molecule has 0 heterocycles. The number of rotatable bonds is 5. The average molecular weight is 310 g/mol. The number of hydrogen-bond acceptors (Lipinski definition) is 5. The SMILES string of the molecule is COc1ccc([C@H](NC(=O)OC(C)(C)C)[C@H](C)[N+](=O)[O-])cc1. The van der Waals surface area contributed by atoms with Crippen molar-refractivity contribution < 1.29 is 19.2 Å². The Morgan fingerprint density at radius 3 is 2.23 bits per heavy atom. The van der Waals surface area contributed by atoms with Gasteiger partial charge in [-0.1, -0.05) is 12.1 Å². The van der Waals surface area contributed by atoms with Gasteiger partial charge in [-0.05, 0) is 38.5 Å². The molecule has 0 aliphatic rings. The summed E-state index contributed by atoms with van der Waals surface area (Å²) in [5.41, 5.74) is -0.0669. The molecule has 0 bridgehead atoms. The van der Waals surface area contributed by atoms with Crippen molar-refractivity contribution in [2.24, 2.45) is 0 Å². The minimum absolute atomic E-state index is 0.438. The highest BCUT2D eigenvalue weighted by molar-refractivity contribution is 5.68. The zero-order chi connectivity index (χ0) is 16.9. The van der Waals surface area contributed by atoms with Gasteiger partial charge in [-0.25, -0.2) is 4.79 Å². The van der Waals surface area contributed by atoms with Crippen molar-refractivity contribution in [2.45, 2.75) is 45.4 Å². The van der Waals surface area contributed by atoms with Crippen LogP contribution in [-0.2, 0) is 4.74 Å². The molecule has 0 fully saturated rings. The van der Waals surface area contributed by atoms with E-state index in [-0.39, 0.29) is 0 Å². The first-order valence-corrected chi connectivity index (χ1v) is 6.91. The molecule has 22 heavy (non-hydrogen) atoms. The maximum atomic E-state index is 11.9. The van der Waals surface area contributed by atoms with E-state index in [1.54, 1.807) is 45.0 Å². The van der Waals surface area contributed by atoms with Crippen LogP contribution in [0.4, 0.5) is 4.79 Å². The Bertz CT molecular complexity index is 522. The number of alkyl carbamates (subject to hydrolysis) is 1. The van der Waals surface area contributed by atoms with Crippen LogP contribution >= 0.6 is 0 Å². The highest BCUT2D eigenvalue weighted by Crippen LogP contribution is 2.22. The standard InChI is InChI=1S/C15H22N2O5/c1-10(17(19)20)13(16-14(18)22-15(2,3)4)11-6-8-12(21-5)9-7-11/h6-10,13H,1-5H3,(H,16,18)/t10-,13+/m0/s1. The van der Waals surface area contributed by atoms with E-state index in [0.29, 0.717) is 11.3 Å². The summed E-state index contributed by atoms with van der Waals surface area (Å²) in [6, 6.07) is 4.94. The third kappa shape index (κ3) is 5.23. The summed E-state index contributed by atoms with van der Waals surface area (Å²) in [4.78, 5) is 22.6. The minimum atomic E-state index is -0.999. The molecule has 1 amide bonds. The number of ether oxygens (including phenoxy) is 2. The van der Waals surface area contributed by atoms with E-state index in [1.807, 2.05) is 0 Å². The summed E-state index contributed by atoms with van der Waals surface area (Å²) in [5.74, 6) is 0.633. The molecule has 0 spiro atoms. The van der Waals surface area contributed by atoms with Gasteiger partial charge in [0.05, 0.1) is 7.11 Å². The van der Waals surface area contributed by atoms with Gasteiger partial charge in [0.15, 0.2) is 0 Å². The summed E-state index contributed by atoms with van der Waals surface area (Å²) < 4.78 is 10.2. The van der Waals surface area contributed by atoms with Crippen molar-refractivity contribution in [3.8, 4) is 5.75 Å². The first-order chi connectivity index (χ1) is 10.1. The number of amides is 1. The number of nitro groups is 1. The lowest BCUT2D eigenvalue weighted by Crippen LogP contribution is -2.41. The normalized spacial score (nSPS) is 13.9. The molecule has 2 atom stereocenters. The van der Waals surface area contributed by atoms with Crippen molar-refractivity contribution >= 4 is 6.09 Å². The van der Waals surface area contributed by atoms with E-state index < -0.39 is 28.7 Å². The van der Waals surface area contributed by atoms with Gasteiger partial charge in [0.25, 0.3) is 0 Å². The van der Waals surface area contributed by atoms with Crippen LogP contribution in [-0.4, -0.2) is 29.8 Å². The molecular weight excluding hydrogens is 288 g/mol. The monoisotopic (exact) mass is 310 g/mol. The van der Waals surface area contributed by atoms with Gasteiger partial charge in [0.2, 0.25) is 6.04 Å². The lowest BCUT2D eigenvalue weighted by molar-refractivity contribution is -0.523. The molecule has 0 saturated carbocycles. The molecule has 1 N–H and O–H groups in total. The molecule has 7 heteroatoms. The van der Waals surface area contributed by atoms with E-state index >= 15 is 0 Å². The number of hydrogen-bond donors (Lipinski definition) is 1. The average Bonchev–Trinajstić information content (AvgIpc) is 2.42. The van der Waals surface area contributed by atoms with Crippen LogP contribution in [0.15, 0.2) is 24.3 Å². The predicted molar refractivity (Wildman–Crippen MR) is 81.6 cm³/mol. The molecular formula is C15H22N2O5. The smallest absolute Gasteiger partial charge is 0.408 e. The first-order valence-electron chi connectivity index (χ1n) is 6.91. The summed E-state index contributed by atoms with van der Waals surface area (Å²) in [6.07, 6.45) is -0.693. The van der Waals surface area contributed by atoms with Crippen LogP contribution in [0.3, 0.4) is 0 Å². The third-order valence-electron chi connectivity index (χ3n) is 2.96. The van der Waals surface area contributed by atoms with E-state index in [4.69, 9.17) is 9.47 Å². The fourth-order valence-corrected chi connectivity index (χ4v) is 1.85. The fraction of sp³-hybridized carbons (Fsp3) is 0.533. The maximum absolute atomic E-state index is 11.9. The predicted octanol–water partition coefficient (Wildman–Crippen LogP) is 2.93. The third-order valence-corrected chi connectivity index (χ3v) is 2.96. The summed E-state index contributed by atoms with van der Waals surface area (Å²) in [5, 5.41) is 13.7. The van der Waals surface area contributed by atoms with Crippen molar-refractivity contribution in [1.29, 1.82) is 0 Å². The molecule has 122 valence electrons. The zero-order valence-corrected chi connectivity index (χ0v) is 13.5. The summed E-state index contributed by atoms with van der Waals surface area (Å²) in [6.45, 7) is 6.62. The van der Waals surface area contributed by atoms with Crippen LogP contribution in [0.2, 0.25) is 0 Å². The fourth-order valence-electron chi connectivity index (χ4n) is 1.85. The minimum Gasteiger partial charge on any atom is -0.497 e. The molecule has 0 unspecified atom stereocenters. The van der Waals surface area contributed by atoms with E-state index in [9.17, 15) is 14.9 Å². The summed E-state index contributed by atoms with van der Waals surface area (Å²) in [7, 11) is 1.53. The second kappa shape index (κ2) is 7.11. The number of benzene rings is 1. The highest BCUT2D eigenvalue weighted by Gasteiger charge is 2.31. The molecule has 7 nitrogen and oxygen atoms in total. The van der Waals surface area contributed by atoms with Gasteiger partial charge >= 0.3 is 6.09 Å². The summed E-state index contributed by atoms with van der Waals surface area (Å²) >= 11 is 0. The molecule has 0 saturated heterocycles. The van der Waals surface area contributed by atoms with Crippen molar-refractivity contribution in [2.75, 3.05) is 7.11 Å². The molecule has 1 aromatic carbocycles. The Morgan fingerprint density at radius 1 is 1.27 bits per heavy atom. The Balaban J connectivity index is 2.97. The molecule has 1 rings (SSSR count). The Labute approximate surface area is 129 Å². The number of methoxy groups -OCH3 is 1. The van der Waals surface area contributed by atoms with E-state index in [1.165, 1.54) is 14.0 Å². The quantitative estimate of drug-likeness (QED) is 0.667. The van der Waals surface area contributed by atoms with Crippen molar-refractivity contribution in [1.82, 2.24) is 5.32 Å². The lowest BCUT2D eigenvalue weighted by Gasteiger charge is -2.24. The van der Waals surface area contributed by atoms with E-state index in [2.05, 4.69) is 5.32 Å². The Morgan fingerprint density at radius 2 is 1.82 bits per heavy atom. The van der Waals surface area contributed by atoms with Crippen LogP contribution in [0.25, 0.3) is 0 Å². The Kier molecular flexibility index (Phi) is 5.73. The number of nitrogens with zero attached hydrogens (tertiary/aromatic N) is 1. The molecule has 0 aliphatic heterocycles. The second-order valence-corrected chi connectivity index (χ2v) is 5.92. The topological polar surface area (TPSA) is 90.7 Å². The van der Waals surface area contributed by atoms with Gasteiger partial charge in [-0.2, -0.15) is 0 Å². The van der Waals surface area contributed by atoms with Crippen molar-refractivity contribution in [3.63, 3.8) is 0 Å². The van der Waals surface area contributed by atoms with Gasteiger partial charge < -0.3 is 14.8 Å². The van der Waals surface area contributed by atoms with Crippen molar-refractivity contribution in [3.05, 3.63) is 39.9 Å².